The topological polar surface area (TPSA) is 65.0 Å². The van der Waals surface area contributed by atoms with E-state index in [4.69, 9.17) is 19.3 Å². The first-order chi connectivity index (χ1) is 11.5. The minimum absolute atomic E-state index is 0.129. The zero-order valence-corrected chi connectivity index (χ0v) is 15.7. The minimum atomic E-state index is -0.925. The van der Waals surface area contributed by atoms with Crippen LogP contribution in [0.15, 0.2) is 40.9 Å². The van der Waals surface area contributed by atoms with Crippen molar-refractivity contribution in [2.45, 2.75) is 20.3 Å². The van der Waals surface area contributed by atoms with E-state index in [0.717, 1.165) is 4.47 Å². The van der Waals surface area contributed by atoms with Gasteiger partial charge in [-0.05, 0) is 18.2 Å². The highest BCUT2D eigenvalue weighted by Crippen LogP contribution is 2.33. The van der Waals surface area contributed by atoms with Gasteiger partial charge in [0.05, 0.1) is 20.6 Å². The van der Waals surface area contributed by atoms with Gasteiger partial charge in [-0.3, -0.25) is 4.79 Å². The van der Waals surface area contributed by atoms with Crippen LogP contribution in [0.4, 0.5) is 0 Å². The summed E-state index contributed by atoms with van der Waals surface area (Å²) in [6.07, 6.45) is -0.129. The fraction of sp³-hybridized carbons (Fsp3) is 0.278. The molecule has 6 heteroatoms. The number of carboxylic acid groups (broad SMARTS) is 1. The van der Waals surface area contributed by atoms with Crippen molar-refractivity contribution >= 4 is 21.9 Å². The van der Waals surface area contributed by atoms with E-state index in [2.05, 4.69) is 15.9 Å². The monoisotopic (exact) mass is 396 g/mol. The van der Waals surface area contributed by atoms with E-state index in [9.17, 15) is 4.79 Å². The van der Waals surface area contributed by atoms with Gasteiger partial charge in [-0.25, -0.2) is 0 Å². The molecule has 5 nitrogen and oxygen atoms in total. The van der Waals surface area contributed by atoms with Crippen LogP contribution in [-0.2, 0) is 11.2 Å². The molecule has 0 aliphatic heterocycles. The Morgan fingerprint density at radius 1 is 1.00 bits per heavy atom. The summed E-state index contributed by atoms with van der Waals surface area (Å²) in [5, 5.41) is 9.00. The van der Waals surface area contributed by atoms with Gasteiger partial charge in [-0.2, -0.15) is 0 Å². The summed E-state index contributed by atoms with van der Waals surface area (Å²) >= 11 is 3.33. The largest absolute Gasteiger partial charge is 0.496 e. The number of halogens is 1. The van der Waals surface area contributed by atoms with E-state index in [1.807, 2.05) is 13.8 Å². The lowest BCUT2D eigenvalue weighted by Gasteiger charge is -2.13. The summed E-state index contributed by atoms with van der Waals surface area (Å²) < 4.78 is 17.0. The molecule has 0 aliphatic rings. The normalized spacial score (nSPS) is 9.54. The second kappa shape index (κ2) is 9.82. The summed E-state index contributed by atoms with van der Waals surface area (Å²) in [4.78, 5) is 11.0. The smallest absolute Gasteiger partial charge is 0.307 e. The lowest BCUT2D eigenvalue weighted by molar-refractivity contribution is -0.136. The Bertz CT molecular complexity index is 663. The first kappa shape index (κ1) is 19.8. The predicted molar refractivity (Wildman–Crippen MR) is 96.4 cm³/mol. The molecule has 2 aromatic carbocycles. The molecule has 24 heavy (non-hydrogen) atoms. The summed E-state index contributed by atoms with van der Waals surface area (Å²) in [5.41, 5.74) is 0.573. The number of hydrogen-bond acceptors (Lipinski definition) is 4. The van der Waals surface area contributed by atoms with Crippen molar-refractivity contribution in [3.63, 3.8) is 0 Å². The van der Waals surface area contributed by atoms with Crippen molar-refractivity contribution in [3.8, 4) is 23.0 Å². The lowest BCUT2D eigenvalue weighted by atomic mass is 10.1. The third-order valence-electron chi connectivity index (χ3n) is 2.92. The van der Waals surface area contributed by atoms with Crippen LogP contribution in [0.2, 0.25) is 0 Å². The lowest BCUT2D eigenvalue weighted by Crippen LogP contribution is -2.02. The molecule has 0 radical (unpaired) electrons. The Morgan fingerprint density at radius 3 is 2.04 bits per heavy atom. The molecule has 0 atom stereocenters. The van der Waals surface area contributed by atoms with Crippen LogP contribution in [0.3, 0.4) is 0 Å². The molecule has 2 rings (SSSR count). The maximum absolute atomic E-state index is 11.0. The summed E-state index contributed by atoms with van der Waals surface area (Å²) in [6, 6.07) is 10.4. The highest BCUT2D eigenvalue weighted by molar-refractivity contribution is 9.10. The Kier molecular flexibility index (Phi) is 8.12. The maximum Gasteiger partial charge on any atom is 0.307 e. The summed E-state index contributed by atoms with van der Waals surface area (Å²) in [6.45, 7) is 4.00. The Hall–Kier alpha value is -2.21. The number of methoxy groups -OCH3 is 2. The number of hydrogen-bond donors (Lipinski definition) is 1. The third-order valence-corrected chi connectivity index (χ3v) is 3.41. The van der Waals surface area contributed by atoms with Crippen LogP contribution in [0.5, 0.6) is 23.0 Å². The van der Waals surface area contributed by atoms with Crippen LogP contribution in [0.25, 0.3) is 0 Å². The molecule has 1 N–H and O–H groups in total. The van der Waals surface area contributed by atoms with Crippen molar-refractivity contribution in [2.24, 2.45) is 0 Å². The van der Waals surface area contributed by atoms with Crippen molar-refractivity contribution in [1.82, 2.24) is 0 Å². The van der Waals surface area contributed by atoms with Gasteiger partial charge in [0.15, 0.2) is 0 Å². The summed E-state index contributed by atoms with van der Waals surface area (Å²) in [7, 11) is 3.10. The van der Waals surface area contributed by atoms with Gasteiger partial charge in [0.2, 0.25) is 0 Å². The van der Waals surface area contributed by atoms with E-state index in [0.29, 0.717) is 28.6 Å². The molecule has 130 valence electrons. The minimum Gasteiger partial charge on any atom is -0.496 e. The van der Waals surface area contributed by atoms with Gasteiger partial charge < -0.3 is 19.3 Å². The molecular weight excluding hydrogens is 376 g/mol. The van der Waals surface area contributed by atoms with Crippen LogP contribution in [-0.4, -0.2) is 25.3 Å². The standard InChI is InChI=1S/C16H15BrO5.C2H6/c1-20-12-7-13(21-2)9-14(8-12)22-15-4-3-11(17)5-10(15)6-16(18)19;1-2/h3-5,7-9H,6H2,1-2H3,(H,18,19);1-2H3. The summed E-state index contributed by atoms with van der Waals surface area (Å²) in [5.74, 6) is 1.23. The third kappa shape index (κ3) is 5.77. The predicted octanol–water partition coefficient (Wildman–Crippen LogP) is 4.91. The van der Waals surface area contributed by atoms with E-state index < -0.39 is 5.97 Å². The Labute approximate surface area is 150 Å². The molecule has 0 heterocycles. The SMILES string of the molecule is CC.COc1cc(OC)cc(Oc2ccc(Br)cc2CC(=O)O)c1. The molecule has 0 unspecified atom stereocenters. The molecule has 0 saturated carbocycles. The Morgan fingerprint density at radius 2 is 1.54 bits per heavy atom. The molecule has 0 amide bonds. The number of benzene rings is 2. The fourth-order valence-electron chi connectivity index (χ4n) is 1.92. The molecule has 0 bridgehead atoms. The Balaban J connectivity index is 0.00000139. The molecule has 0 aliphatic carbocycles. The quantitative estimate of drug-likeness (QED) is 0.750. The van der Waals surface area contributed by atoms with Crippen LogP contribution < -0.4 is 14.2 Å². The van der Waals surface area contributed by atoms with Gasteiger partial charge in [-0.15, -0.1) is 0 Å². The van der Waals surface area contributed by atoms with E-state index in [1.54, 1.807) is 50.6 Å². The second-order valence-electron chi connectivity index (χ2n) is 4.47. The van der Waals surface area contributed by atoms with Crippen LogP contribution in [0, 0.1) is 0 Å². The molecule has 2 aromatic rings. The van der Waals surface area contributed by atoms with Gasteiger partial charge in [-0.1, -0.05) is 29.8 Å². The van der Waals surface area contributed by atoms with Crippen molar-refractivity contribution in [2.75, 3.05) is 14.2 Å². The molecule has 0 fully saturated rings. The number of carboxylic acids is 1. The average molecular weight is 397 g/mol. The molecule has 0 saturated heterocycles. The van der Waals surface area contributed by atoms with Crippen molar-refractivity contribution < 1.29 is 24.1 Å². The number of ether oxygens (including phenoxy) is 3. The first-order valence-corrected chi connectivity index (χ1v) is 8.22. The van der Waals surface area contributed by atoms with E-state index >= 15 is 0 Å². The molecular formula is C18H21BrO5. The highest BCUT2D eigenvalue weighted by atomic mass is 79.9. The fourth-order valence-corrected chi connectivity index (χ4v) is 2.32. The van der Waals surface area contributed by atoms with E-state index in [1.165, 1.54) is 0 Å². The molecule has 0 aromatic heterocycles. The second-order valence-corrected chi connectivity index (χ2v) is 5.39. The van der Waals surface area contributed by atoms with Crippen LogP contribution in [0.1, 0.15) is 19.4 Å². The van der Waals surface area contributed by atoms with Crippen LogP contribution >= 0.6 is 15.9 Å². The number of carbonyl (C=O) groups is 1. The van der Waals surface area contributed by atoms with E-state index in [-0.39, 0.29) is 6.42 Å². The van der Waals surface area contributed by atoms with Gasteiger partial charge >= 0.3 is 5.97 Å². The average Bonchev–Trinajstić information content (AvgIpc) is 2.58. The highest BCUT2D eigenvalue weighted by Gasteiger charge is 2.11. The maximum atomic E-state index is 11.0. The molecule has 0 spiro atoms. The zero-order chi connectivity index (χ0) is 18.1. The van der Waals surface area contributed by atoms with Crippen molar-refractivity contribution in [3.05, 3.63) is 46.4 Å². The van der Waals surface area contributed by atoms with Crippen molar-refractivity contribution in [1.29, 1.82) is 0 Å². The number of aliphatic carboxylic acids is 1. The first-order valence-electron chi connectivity index (χ1n) is 7.43. The van der Waals surface area contributed by atoms with Gasteiger partial charge in [0.1, 0.15) is 23.0 Å². The zero-order valence-electron chi connectivity index (χ0n) is 14.1. The van der Waals surface area contributed by atoms with Gasteiger partial charge in [0, 0.05) is 28.2 Å². The number of rotatable bonds is 6. The van der Waals surface area contributed by atoms with Gasteiger partial charge in [0.25, 0.3) is 0 Å².